The van der Waals surface area contributed by atoms with Crippen molar-refractivity contribution in [3.63, 3.8) is 0 Å². The summed E-state index contributed by atoms with van der Waals surface area (Å²) in [6, 6.07) is 1.27. The number of hydrogen-bond acceptors (Lipinski definition) is 5. The van der Waals surface area contributed by atoms with Gasteiger partial charge in [0.05, 0.1) is 0 Å². The van der Waals surface area contributed by atoms with Crippen LogP contribution < -0.4 is 5.32 Å². The summed E-state index contributed by atoms with van der Waals surface area (Å²) < 4.78 is 0. The van der Waals surface area contributed by atoms with Crippen LogP contribution in [0.5, 0.6) is 0 Å². The molecular formula is C10H15N3O2S. The third-order valence-corrected chi connectivity index (χ3v) is 2.84. The Bertz CT molecular complexity index is 321. The van der Waals surface area contributed by atoms with E-state index in [4.69, 9.17) is 5.11 Å². The number of rotatable bonds is 7. The van der Waals surface area contributed by atoms with Gasteiger partial charge in [0.25, 0.3) is 0 Å². The van der Waals surface area contributed by atoms with Crippen LogP contribution in [-0.4, -0.2) is 39.4 Å². The number of aliphatic carboxylic acids is 1. The Hall–Kier alpha value is -1.14. The molecule has 0 saturated carbocycles. The molecule has 1 unspecified atom stereocenters. The molecule has 0 amide bonds. The number of nitrogens with one attached hydrogen (secondary N) is 1. The lowest BCUT2D eigenvalue weighted by molar-refractivity contribution is -0.139. The molecule has 16 heavy (non-hydrogen) atoms. The summed E-state index contributed by atoms with van der Waals surface area (Å²) in [4.78, 5) is 18.9. The number of likely N-dealkylation sites (N-methyl/N-ethyl adjacent to an activating group) is 1. The van der Waals surface area contributed by atoms with Crippen molar-refractivity contribution in [2.75, 3.05) is 12.3 Å². The summed E-state index contributed by atoms with van der Waals surface area (Å²) >= 11 is 1.47. The molecule has 0 spiro atoms. The van der Waals surface area contributed by atoms with Crippen molar-refractivity contribution in [3.8, 4) is 0 Å². The molecule has 1 aromatic heterocycles. The molecule has 0 bridgehead atoms. The first-order valence-electron chi connectivity index (χ1n) is 5.10. The number of thioether (sulfide) groups is 1. The highest BCUT2D eigenvalue weighted by Crippen LogP contribution is 2.13. The Morgan fingerprint density at radius 3 is 2.81 bits per heavy atom. The fourth-order valence-electron chi connectivity index (χ4n) is 1.19. The summed E-state index contributed by atoms with van der Waals surface area (Å²) in [6.07, 6.45) is 3.91. The largest absolute Gasteiger partial charge is 0.480 e. The average molecular weight is 241 g/mol. The number of hydrogen-bond donors (Lipinski definition) is 2. The van der Waals surface area contributed by atoms with Gasteiger partial charge in [-0.25, -0.2) is 9.97 Å². The third-order valence-electron chi connectivity index (χ3n) is 1.93. The predicted molar refractivity (Wildman–Crippen MR) is 62.5 cm³/mol. The van der Waals surface area contributed by atoms with Crippen LogP contribution >= 0.6 is 11.8 Å². The zero-order valence-electron chi connectivity index (χ0n) is 9.09. The van der Waals surface area contributed by atoms with Crippen LogP contribution in [0.1, 0.15) is 13.3 Å². The molecule has 2 N–H and O–H groups in total. The Morgan fingerprint density at radius 1 is 1.56 bits per heavy atom. The maximum absolute atomic E-state index is 10.8. The van der Waals surface area contributed by atoms with Gasteiger partial charge in [0.15, 0.2) is 5.16 Å². The molecule has 0 aliphatic heterocycles. The quantitative estimate of drug-likeness (QED) is 0.548. The summed E-state index contributed by atoms with van der Waals surface area (Å²) in [5.41, 5.74) is 0. The summed E-state index contributed by atoms with van der Waals surface area (Å²) in [7, 11) is 0. The lowest BCUT2D eigenvalue weighted by atomic mass is 10.2. The Balaban J connectivity index is 2.31. The molecule has 1 aromatic rings. The van der Waals surface area contributed by atoms with Crippen molar-refractivity contribution in [1.29, 1.82) is 0 Å². The summed E-state index contributed by atoms with van der Waals surface area (Å²) in [6.45, 7) is 2.55. The molecule has 0 fully saturated rings. The van der Waals surface area contributed by atoms with Gasteiger partial charge in [0, 0.05) is 18.1 Å². The van der Waals surface area contributed by atoms with Crippen molar-refractivity contribution in [2.45, 2.75) is 24.5 Å². The van der Waals surface area contributed by atoms with Crippen molar-refractivity contribution >= 4 is 17.7 Å². The lowest BCUT2D eigenvalue weighted by Gasteiger charge is -2.11. The van der Waals surface area contributed by atoms with E-state index in [-0.39, 0.29) is 0 Å². The van der Waals surface area contributed by atoms with Crippen molar-refractivity contribution < 1.29 is 9.90 Å². The van der Waals surface area contributed by atoms with E-state index in [1.807, 2.05) is 6.92 Å². The van der Waals surface area contributed by atoms with E-state index < -0.39 is 12.0 Å². The van der Waals surface area contributed by atoms with Crippen LogP contribution in [0, 0.1) is 0 Å². The fourth-order valence-corrected chi connectivity index (χ4v) is 1.99. The molecule has 0 aliphatic rings. The molecule has 0 saturated heterocycles. The molecule has 0 aromatic carbocycles. The second kappa shape index (κ2) is 7.19. The minimum atomic E-state index is -0.809. The van der Waals surface area contributed by atoms with Crippen LogP contribution in [-0.2, 0) is 4.79 Å². The van der Waals surface area contributed by atoms with E-state index in [9.17, 15) is 4.79 Å². The second-order valence-electron chi connectivity index (χ2n) is 3.12. The van der Waals surface area contributed by atoms with Gasteiger partial charge in [-0.05, 0) is 19.0 Å². The third kappa shape index (κ3) is 4.59. The van der Waals surface area contributed by atoms with Crippen LogP contribution in [0.4, 0.5) is 0 Å². The highest BCUT2D eigenvalue weighted by molar-refractivity contribution is 7.99. The SMILES string of the molecule is CCNC(CCSc1ncccn1)C(=O)O. The molecule has 1 heterocycles. The first-order chi connectivity index (χ1) is 7.74. The maximum atomic E-state index is 10.8. The number of carboxylic acid groups (broad SMARTS) is 1. The molecule has 1 atom stereocenters. The van der Waals surface area contributed by atoms with Gasteiger partial charge in [-0.15, -0.1) is 0 Å². The fraction of sp³-hybridized carbons (Fsp3) is 0.500. The number of aromatic nitrogens is 2. The minimum Gasteiger partial charge on any atom is -0.480 e. The van der Waals surface area contributed by atoms with E-state index >= 15 is 0 Å². The second-order valence-corrected chi connectivity index (χ2v) is 4.18. The Labute approximate surface area is 98.7 Å². The maximum Gasteiger partial charge on any atom is 0.320 e. The van der Waals surface area contributed by atoms with E-state index in [0.717, 1.165) is 0 Å². The van der Waals surface area contributed by atoms with Crippen molar-refractivity contribution in [3.05, 3.63) is 18.5 Å². The minimum absolute atomic E-state index is 0.485. The Morgan fingerprint density at radius 2 is 2.25 bits per heavy atom. The van der Waals surface area contributed by atoms with Gasteiger partial charge in [-0.1, -0.05) is 18.7 Å². The predicted octanol–water partition coefficient (Wildman–Crippen LogP) is 1.02. The van der Waals surface area contributed by atoms with Gasteiger partial charge < -0.3 is 10.4 Å². The van der Waals surface area contributed by atoms with Crippen molar-refractivity contribution in [2.24, 2.45) is 0 Å². The van der Waals surface area contributed by atoms with Crippen LogP contribution in [0.15, 0.2) is 23.6 Å². The van der Waals surface area contributed by atoms with Crippen LogP contribution in [0.3, 0.4) is 0 Å². The highest BCUT2D eigenvalue weighted by atomic mass is 32.2. The standard InChI is InChI=1S/C10H15N3O2S/c1-2-11-8(9(14)15)4-7-16-10-12-5-3-6-13-10/h3,5-6,8,11H,2,4,7H2,1H3,(H,14,15). The molecule has 0 aliphatic carbocycles. The van der Waals surface area contributed by atoms with Crippen LogP contribution in [0.2, 0.25) is 0 Å². The van der Waals surface area contributed by atoms with E-state index in [1.54, 1.807) is 18.5 Å². The smallest absolute Gasteiger partial charge is 0.320 e. The zero-order valence-corrected chi connectivity index (χ0v) is 9.91. The lowest BCUT2D eigenvalue weighted by Crippen LogP contribution is -2.36. The zero-order chi connectivity index (χ0) is 11.8. The molecule has 6 heteroatoms. The molecule has 1 rings (SSSR count). The molecule has 88 valence electrons. The van der Waals surface area contributed by atoms with Crippen LogP contribution in [0.25, 0.3) is 0 Å². The average Bonchev–Trinajstić information content (AvgIpc) is 2.29. The van der Waals surface area contributed by atoms with E-state index in [2.05, 4.69) is 15.3 Å². The highest BCUT2D eigenvalue weighted by Gasteiger charge is 2.15. The van der Waals surface area contributed by atoms with Gasteiger partial charge in [-0.3, -0.25) is 4.79 Å². The normalized spacial score (nSPS) is 12.3. The first-order valence-corrected chi connectivity index (χ1v) is 6.08. The van der Waals surface area contributed by atoms with Crippen molar-refractivity contribution in [1.82, 2.24) is 15.3 Å². The van der Waals surface area contributed by atoms with Gasteiger partial charge in [0.2, 0.25) is 0 Å². The van der Waals surface area contributed by atoms with E-state index in [1.165, 1.54) is 11.8 Å². The summed E-state index contributed by atoms with van der Waals surface area (Å²) in [5.74, 6) is -0.120. The molecule has 5 nitrogen and oxygen atoms in total. The van der Waals surface area contributed by atoms with Gasteiger partial charge in [0.1, 0.15) is 6.04 Å². The van der Waals surface area contributed by atoms with E-state index in [0.29, 0.717) is 23.9 Å². The van der Waals surface area contributed by atoms with Gasteiger partial charge in [-0.2, -0.15) is 0 Å². The summed E-state index contributed by atoms with van der Waals surface area (Å²) in [5, 5.41) is 12.5. The van der Waals surface area contributed by atoms with Gasteiger partial charge >= 0.3 is 5.97 Å². The number of carbonyl (C=O) groups is 1. The molecule has 0 radical (unpaired) electrons. The Kier molecular flexibility index (Phi) is 5.81. The number of carboxylic acids is 1. The topological polar surface area (TPSA) is 75.1 Å². The molecular weight excluding hydrogens is 226 g/mol. The monoisotopic (exact) mass is 241 g/mol. The first kappa shape index (κ1) is 12.9. The number of nitrogens with zero attached hydrogens (tertiary/aromatic N) is 2.